The molecule has 7 heteroatoms. The van der Waals surface area contributed by atoms with E-state index in [9.17, 15) is 9.18 Å². The van der Waals surface area contributed by atoms with Gasteiger partial charge in [0.1, 0.15) is 11.6 Å². The summed E-state index contributed by atoms with van der Waals surface area (Å²) < 4.78 is 16.1. The summed E-state index contributed by atoms with van der Waals surface area (Å²) in [4.78, 5) is 19.9. The molecular formula is C24H26Cl2FN3O. The van der Waals surface area contributed by atoms with Gasteiger partial charge in [0.15, 0.2) is 0 Å². The summed E-state index contributed by atoms with van der Waals surface area (Å²) in [6, 6.07) is 10.0. The van der Waals surface area contributed by atoms with Crippen LogP contribution in [-0.4, -0.2) is 26.9 Å². The van der Waals surface area contributed by atoms with E-state index in [0.29, 0.717) is 40.3 Å². The molecule has 1 amide bonds. The van der Waals surface area contributed by atoms with Crippen molar-refractivity contribution in [2.45, 2.75) is 52.1 Å². The van der Waals surface area contributed by atoms with Crippen LogP contribution in [0.3, 0.4) is 0 Å². The summed E-state index contributed by atoms with van der Waals surface area (Å²) in [6.07, 6.45) is 4.48. The van der Waals surface area contributed by atoms with Gasteiger partial charge in [-0.1, -0.05) is 49.9 Å². The first-order valence-corrected chi connectivity index (χ1v) is 11.5. The maximum atomic E-state index is 13.9. The number of fused-ring (bicyclic) bond motifs is 1. The summed E-state index contributed by atoms with van der Waals surface area (Å²) in [5, 5.41) is 0.768. The largest absolute Gasteiger partial charge is 0.331 e. The Morgan fingerprint density at radius 3 is 2.58 bits per heavy atom. The second kappa shape index (κ2) is 9.17. The smallest absolute Gasteiger partial charge is 0.254 e. The number of benzene rings is 2. The molecule has 3 aromatic rings. The lowest BCUT2D eigenvalue weighted by Gasteiger charge is -2.26. The predicted octanol–water partition coefficient (Wildman–Crippen LogP) is 6.90. The normalized spacial score (nSPS) is 14.6. The second-order valence-corrected chi connectivity index (χ2v) is 9.49. The van der Waals surface area contributed by atoms with Crippen LogP contribution in [-0.2, 0) is 6.54 Å². The first-order chi connectivity index (χ1) is 14.8. The SMILES string of the molecule is CC(C)CN(Cc1nc2cc(F)ccc2n1C1CCCC1)C(=O)c1ccc(Cl)c(Cl)c1. The zero-order valence-electron chi connectivity index (χ0n) is 17.7. The van der Waals surface area contributed by atoms with Crippen molar-refractivity contribution in [2.75, 3.05) is 6.54 Å². The van der Waals surface area contributed by atoms with Crippen molar-refractivity contribution >= 4 is 40.1 Å². The molecule has 31 heavy (non-hydrogen) atoms. The summed E-state index contributed by atoms with van der Waals surface area (Å²) in [7, 11) is 0. The molecule has 0 saturated heterocycles. The highest BCUT2D eigenvalue weighted by Crippen LogP contribution is 2.34. The van der Waals surface area contributed by atoms with Crippen LogP contribution in [0.2, 0.25) is 10.0 Å². The van der Waals surface area contributed by atoms with E-state index in [2.05, 4.69) is 18.4 Å². The van der Waals surface area contributed by atoms with Crippen LogP contribution in [0.25, 0.3) is 11.0 Å². The third-order valence-corrected chi connectivity index (χ3v) is 6.53. The lowest BCUT2D eigenvalue weighted by atomic mass is 10.1. The van der Waals surface area contributed by atoms with E-state index in [1.807, 2.05) is 0 Å². The zero-order chi connectivity index (χ0) is 22.1. The first-order valence-electron chi connectivity index (χ1n) is 10.7. The van der Waals surface area contributed by atoms with Crippen LogP contribution in [0.4, 0.5) is 4.39 Å². The minimum Gasteiger partial charge on any atom is -0.331 e. The second-order valence-electron chi connectivity index (χ2n) is 8.68. The van der Waals surface area contributed by atoms with Gasteiger partial charge in [-0.15, -0.1) is 0 Å². The van der Waals surface area contributed by atoms with Crippen molar-refractivity contribution in [3.8, 4) is 0 Å². The van der Waals surface area contributed by atoms with Crippen LogP contribution < -0.4 is 0 Å². The molecule has 1 aromatic heterocycles. The van der Waals surface area contributed by atoms with Gasteiger partial charge in [0.05, 0.1) is 27.6 Å². The molecule has 0 aliphatic heterocycles. The van der Waals surface area contributed by atoms with E-state index in [-0.39, 0.29) is 17.6 Å². The molecule has 2 aromatic carbocycles. The summed E-state index contributed by atoms with van der Waals surface area (Å²) in [5.74, 6) is 0.638. The highest BCUT2D eigenvalue weighted by atomic mass is 35.5. The summed E-state index contributed by atoms with van der Waals surface area (Å²) in [5.41, 5.74) is 2.05. The van der Waals surface area contributed by atoms with Crippen molar-refractivity contribution < 1.29 is 9.18 Å². The first kappa shape index (κ1) is 22.1. The Morgan fingerprint density at radius 1 is 1.16 bits per heavy atom. The standard InChI is InChI=1S/C24H26Cl2FN3O/c1-15(2)13-29(24(31)16-7-9-19(25)20(26)11-16)14-23-28-21-12-17(27)8-10-22(21)30(23)18-5-3-4-6-18/h7-12,15,18H,3-6,13-14H2,1-2H3. The fourth-order valence-electron chi connectivity index (χ4n) is 4.45. The Labute approximate surface area is 192 Å². The van der Waals surface area contributed by atoms with Gasteiger partial charge in [0, 0.05) is 24.2 Å². The third-order valence-electron chi connectivity index (χ3n) is 5.79. The number of halogens is 3. The quantitative estimate of drug-likeness (QED) is 0.400. The number of hydrogen-bond donors (Lipinski definition) is 0. The fourth-order valence-corrected chi connectivity index (χ4v) is 4.74. The van der Waals surface area contributed by atoms with Crippen molar-refractivity contribution in [1.82, 2.24) is 14.5 Å². The summed E-state index contributed by atoms with van der Waals surface area (Å²) in [6.45, 7) is 5.07. The highest BCUT2D eigenvalue weighted by Gasteiger charge is 2.26. The van der Waals surface area contributed by atoms with Gasteiger partial charge in [0.2, 0.25) is 0 Å². The molecule has 4 nitrogen and oxygen atoms in total. The number of carbonyl (C=O) groups is 1. The molecular weight excluding hydrogens is 436 g/mol. The number of hydrogen-bond acceptors (Lipinski definition) is 2. The van der Waals surface area contributed by atoms with Crippen molar-refractivity contribution in [1.29, 1.82) is 0 Å². The van der Waals surface area contributed by atoms with Gasteiger partial charge in [0.25, 0.3) is 5.91 Å². The van der Waals surface area contributed by atoms with E-state index in [1.165, 1.54) is 25.0 Å². The molecule has 0 spiro atoms. The molecule has 1 saturated carbocycles. The zero-order valence-corrected chi connectivity index (χ0v) is 19.3. The van der Waals surface area contributed by atoms with Gasteiger partial charge >= 0.3 is 0 Å². The lowest BCUT2D eigenvalue weighted by Crippen LogP contribution is -2.35. The molecule has 0 bridgehead atoms. The molecule has 1 aliphatic rings. The van der Waals surface area contributed by atoms with Crippen LogP contribution in [0.5, 0.6) is 0 Å². The van der Waals surface area contributed by atoms with E-state index in [1.54, 1.807) is 29.2 Å². The third kappa shape index (κ3) is 4.73. The monoisotopic (exact) mass is 461 g/mol. The number of nitrogens with zero attached hydrogens (tertiary/aromatic N) is 3. The van der Waals surface area contributed by atoms with Gasteiger partial charge in [-0.2, -0.15) is 0 Å². The maximum absolute atomic E-state index is 13.9. The molecule has 0 N–H and O–H groups in total. The average molecular weight is 462 g/mol. The van der Waals surface area contributed by atoms with Crippen LogP contribution in [0.15, 0.2) is 36.4 Å². The van der Waals surface area contributed by atoms with Crippen LogP contribution in [0, 0.1) is 11.7 Å². The molecule has 1 aliphatic carbocycles. The fraction of sp³-hybridized carbons (Fsp3) is 0.417. The molecule has 164 valence electrons. The minimum absolute atomic E-state index is 0.122. The molecule has 1 fully saturated rings. The van der Waals surface area contributed by atoms with Crippen molar-refractivity contribution in [3.05, 3.63) is 63.6 Å². The predicted molar refractivity (Wildman–Crippen MR) is 123 cm³/mol. The van der Waals surface area contributed by atoms with E-state index < -0.39 is 0 Å². The topological polar surface area (TPSA) is 38.1 Å². The molecule has 0 atom stereocenters. The number of amides is 1. The van der Waals surface area contributed by atoms with Crippen molar-refractivity contribution in [2.24, 2.45) is 5.92 Å². The van der Waals surface area contributed by atoms with E-state index >= 15 is 0 Å². The number of aromatic nitrogens is 2. The van der Waals surface area contributed by atoms with Gasteiger partial charge in [-0.25, -0.2) is 9.37 Å². The van der Waals surface area contributed by atoms with Gasteiger partial charge in [-0.05, 0) is 49.1 Å². The van der Waals surface area contributed by atoms with E-state index in [0.717, 1.165) is 24.2 Å². The Balaban J connectivity index is 1.73. The van der Waals surface area contributed by atoms with Gasteiger partial charge in [-0.3, -0.25) is 4.79 Å². The molecule has 1 heterocycles. The Hall–Kier alpha value is -2.11. The maximum Gasteiger partial charge on any atom is 0.254 e. The Morgan fingerprint density at radius 2 is 1.90 bits per heavy atom. The summed E-state index contributed by atoms with van der Waals surface area (Å²) >= 11 is 12.2. The van der Waals surface area contributed by atoms with E-state index in [4.69, 9.17) is 28.2 Å². The van der Waals surface area contributed by atoms with Crippen LogP contribution in [0.1, 0.15) is 61.8 Å². The number of rotatable bonds is 6. The highest BCUT2D eigenvalue weighted by molar-refractivity contribution is 6.42. The van der Waals surface area contributed by atoms with Crippen molar-refractivity contribution in [3.63, 3.8) is 0 Å². The minimum atomic E-state index is -0.305. The Bertz CT molecular complexity index is 1110. The lowest BCUT2D eigenvalue weighted by molar-refractivity contribution is 0.0715. The average Bonchev–Trinajstić information content (AvgIpc) is 3.35. The number of imidazole rings is 1. The molecule has 4 rings (SSSR count). The van der Waals surface area contributed by atoms with Gasteiger partial charge < -0.3 is 9.47 Å². The Kier molecular flexibility index (Phi) is 6.54. The number of carbonyl (C=O) groups excluding carboxylic acids is 1. The van der Waals surface area contributed by atoms with Crippen LogP contribution >= 0.6 is 23.2 Å². The molecule has 0 unspecified atom stereocenters. The molecule has 0 radical (unpaired) electrons.